The molecule has 2 fully saturated rings. The zero-order valence-corrected chi connectivity index (χ0v) is 23.7. The summed E-state index contributed by atoms with van der Waals surface area (Å²) in [7, 11) is 0. The number of rotatable bonds is 8. The first-order chi connectivity index (χ1) is 19.1. The molecule has 1 aliphatic carbocycles. The third kappa shape index (κ3) is 6.79. The number of hydrogen-bond donors (Lipinski definition) is 3. The van der Waals surface area contributed by atoms with Crippen molar-refractivity contribution >= 4 is 44.0 Å². The summed E-state index contributed by atoms with van der Waals surface area (Å²) in [5.74, 6) is 2.08. The monoisotopic (exact) mass is 611 g/mol. The standard InChI is InChI=1S/C26H30BrN9O2S/c27-18-1-5-20(6-2-18)36-33-25(32-34-36)22-15-28-26(39-22)31-24-14-17(16-35-9-11-38-12-10-35)13-23(30-24)29-19-3-7-21(37)8-4-19/h1-2,5-6,13-15,19,21,37H,3-4,7-12,16H2,(H2,28,29,30,31). The number of halogens is 1. The molecule has 0 bridgehead atoms. The van der Waals surface area contributed by atoms with Crippen molar-refractivity contribution in [2.24, 2.45) is 0 Å². The van der Waals surface area contributed by atoms with Crippen LogP contribution in [0.1, 0.15) is 31.2 Å². The van der Waals surface area contributed by atoms with E-state index in [0.29, 0.717) is 17.0 Å². The minimum atomic E-state index is -0.189. The molecule has 0 atom stereocenters. The van der Waals surface area contributed by atoms with Crippen LogP contribution in [-0.2, 0) is 11.3 Å². The van der Waals surface area contributed by atoms with Gasteiger partial charge in [0.25, 0.3) is 0 Å². The van der Waals surface area contributed by atoms with Gasteiger partial charge in [-0.05, 0) is 72.9 Å². The van der Waals surface area contributed by atoms with E-state index in [1.54, 1.807) is 6.20 Å². The van der Waals surface area contributed by atoms with Crippen molar-refractivity contribution in [2.45, 2.75) is 44.4 Å². The van der Waals surface area contributed by atoms with Crippen molar-refractivity contribution in [1.82, 2.24) is 35.1 Å². The maximum absolute atomic E-state index is 9.89. The normalized spacial score (nSPS) is 20.2. The fraction of sp³-hybridized carbons (Fsp3) is 0.423. The highest BCUT2D eigenvalue weighted by atomic mass is 79.9. The van der Waals surface area contributed by atoms with Crippen LogP contribution in [0.5, 0.6) is 0 Å². The number of tetrazole rings is 1. The molecule has 6 rings (SSSR count). The molecule has 13 heteroatoms. The van der Waals surface area contributed by atoms with Crippen molar-refractivity contribution in [3.05, 3.63) is 52.6 Å². The second-order valence-corrected chi connectivity index (χ2v) is 11.8. The van der Waals surface area contributed by atoms with Crippen molar-refractivity contribution in [1.29, 1.82) is 0 Å². The fourth-order valence-electron chi connectivity index (χ4n) is 4.80. The second kappa shape index (κ2) is 12.0. The molecule has 204 valence electrons. The Bertz CT molecular complexity index is 1380. The number of morpholine rings is 1. The van der Waals surface area contributed by atoms with Crippen LogP contribution in [0.25, 0.3) is 16.4 Å². The second-order valence-electron chi connectivity index (χ2n) is 9.82. The number of thiazole rings is 1. The molecule has 0 amide bonds. The first kappa shape index (κ1) is 26.3. The highest BCUT2D eigenvalue weighted by molar-refractivity contribution is 9.10. The van der Waals surface area contributed by atoms with Crippen molar-refractivity contribution in [2.75, 3.05) is 36.9 Å². The number of benzene rings is 1. The molecule has 1 saturated heterocycles. The minimum Gasteiger partial charge on any atom is -0.393 e. The van der Waals surface area contributed by atoms with Gasteiger partial charge in [-0.15, -0.1) is 15.0 Å². The minimum absolute atomic E-state index is 0.189. The lowest BCUT2D eigenvalue weighted by molar-refractivity contribution is 0.0342. The number of nitrogens with one attached hydrogen (secondary N) is 2. The molecule has 4 heterocycles. The lowest BCUT2D eigenvalue weighted by atomic mass is 9.93. The highest BCUT2D eigenvalue weighted by Crippen LogP contribution is 2.30. The van der Waals surface area contributed by atoms with Gasteiger partial charge in [-0.3, -0.25) is 4.90 Å². The van der Waals surface area contributed by atoms with Gasteiger partial charge in [0.05, 0.1) is 36.1 Å². The van der Waals surface area contributed by atoms with Crippen LogP contribution in [0.2, 0.25) is 0 Å². The number of pyridine rings is 1. The van der Waals surface area contributed by atoms with Crippen LogP contribution >= 0.6 is 27.3 Å². The molecular formula is C26H30BrN9O2S. The Morgan fingerprint density at radius 1 is 1.05 bits per heavy atom. The molecule has 3 N–H and O–H groups in total. The third-order valence-corrected chi connectivity index (χ3v) is 8.31. The van der Waals surface area contributed by atoms with Crippen molar-refractivity contribution in [3.63, 3.8) is 0 Å². The predicted molar refractivity (Wildman–Crippen MR) is 153 cm³/mol. The van der Waals surface area contributed by atoms with Crippen LogP contribution in [0.15, 0.2) is 47.1 Å². The van der Waals surface area contributed by atoms with Crippen LogP contribution in [0, 0.1) is 0 Å². The average molecular weight is 613 g/mol. The Morgan fingerprint density at radius 2 is 1.82 bits per heavy atom. The molecule has 11 nitrogen and oxygen atoms in total. The van der Waals surface area contributed by atoms with Crippen LogP contribution in [-0.4, -0.2) is 78.6 Å². The molecule has 3 aromatic heterocycles. The first-order valence-corrected chi connectivity index (χ1v) is 14.7. The van der Waals surface area contributed by atoms with Crippen molar-refractivity contribution < 1.29 is 9.84 Å². The maximum Gasteiger partial charge on any atom is 0.216 e. The zero-order chi connectivity index (χ0) is 26.6. The summed E-state index contributed by atoms with van der Waals surface area (Å²) in [6.45, 7) is 4.17. The Labute approximate surface area is 238 Å². The summed E-state index contributed by atoms with van der Waals surface area (Å²) in [6, 6.07) is 12.2. The Hall–Kier alpha value is -2.97. The van der Waals surface area contributed by atoms with E-state index < -0.39 is 0 Å². The Balaban J connectivity index is 1.19. The third-order valence-electron chi connectivity index (χ3n) is 6.88. The van der Waals surface area contributed by atoms with Gasteiger partial charge < -0.3 is 20.5 Å². The molecule has 0 radical (unpaired) electrons. The van der Waals surface area contributed by atoms with Crippen molar-refractivity contribution in [3.8, 4) is 16.4 Å². The van der Waals surface area contributed by atoms with Gasteiger partial charge in [-0.25, -0.2) is 9.97 Å². The molecule has 0 spiro atoms. The molecule has 1 aliphatic heterocycles. The highest BCUT2D eigenvalue weighted by Gasteiger charge is 2.20. The van der Waals surface area contributed by atoms with E-state index in [0.717, 1.165) is 85.2 Å². The number of aromatic nitrogens is 6. The first-order valence-electron chi connectivity index (χ1n) is 13.1. The van der Waals surface area contributed by atoms with E-state index in [1.807, 2.05) is 24.3 Å². The number of aliphatic hydroxyl groups excluding tert-OH is 1. The predicted octanol–water partition coefficient (Wildman–Crippen LogP) is 4.23. The van der Waals surface area contributed by atoms with Crippen LogP contribution < -0.4 is 10.6 Å². The van der Waals surface area contributed by atoms with Gasteiger partial charge in [-0.1, -0.05) is 27.3 Å². The molecule has 0 unspecified atom stereocenters. The smallest absolute Gasteiger partial charge is 0.216 e. The number of ether oxygens (including phenoxy) is 1. The summed E-state index contributed by atoms with van der Waals surface area (Å²) < 4.78 is 6.51. The molecule has 1 saturated carbocycles. The molecule has 2 aliphatic rings. The van der Waals surface area contributed by atoms with Gasteiger partial charge >= 0.3 is 0 Å². The largest absolute Gasteiger partial charge is 0.393 e. The van der Waals surface area contributed by atoms with E-state index in [9.17, 15) is 5.11 Å². The van der Waals surface area contributed by atoms with E-state index in [-0.39, 0.29) is 6.10 Å². The van der Waals surface area contributed by atoms with Gasteiger partial charge in [0, 0.05) is 30.1 Å². The lowest BCUT2D eigenvalue weighted by Crippen LogP contribution is -2.35. The summed E-state index contributed by atoms with van der Waals surface area (Å²) >= 11 is 4.90. The number of aliphatic hydroxyl groups is 1. The maximum atomic E-state index is 9.89. The fourth-order valence-corrected chi connectivity index (χ4v) is 5.82. The summed E-state index contributed by atoms with van der Waals surface area (Å²) in [4.78, 5) is 14.1. The van der Waals surface area contributed by atoms with Gasteiger partial charge in [-0.2, -0.15) is 0 Å². The van der Waals surface area contributed by atoms with Gasteiger partial charge in [0.1, 0.15) is 11.6 Å². The Morgan fingerprint density at radius 3 is 2.62 bits per heavy atom. The van der Waals surface area contributed by atoms with E-state index in [2.05, 4.69) is 64.0 Å². The number of hydrogen-bond acceptors (Lipinski definition) is 11. The van der Waals surface area contributed by atoms with E-state index >= 15 is 0 Å². The Kier molecular flexibility index (Phi) is 8.11. The molecule has 39 heavy (non-hydrogen) atoms. The average Bonchev–Trinajstić information content (AvgIpc) is 3.61. The van der Waals surface area contributed by atoms with Gasteiger partial charge in [0.15, 0.2) is 5.13 Å². The quantitative estimate of drug-likeness (QED) is 0.266. The molecule has 1 aromatic carbocycles. The number of anilines is 3. The van der Waals surface area contributed by atoms with E-state index in [4.69, 9.17) is 9.72 Å². The molecule has 4 aromatic rings. The summed E-state index contributed by atoms with van der Waals surface area (Å²) in [6.07, 6.45) is 5.06. The zero-order valence-electron chi connectivity index (χ0n) is 21.3. The molecular weight excluding hydrogens is 582 g/mol. The lowest BCUT2D eigenvalue weighted by Gasteiger charge is -2.28. The van der Waals surface area contributed by atoms with Crippen LogP contribution in [0.4, 0.5) is 16.8 Å². The van der Waals surface area contributed by atoms with Crippen LogP contribution in [0.3, 0.4) is 0 Å². The SMILES string of the molecule is OC1CCC(Nc2cc(CN3CCOCC3)cc(Nc3ncc(-c4nnn(-c5ccc(Br)cc5)n4)s3)n2)CC1. The summed E-state index contributed by atoms with van der Waals surface area (Å²) in [5, 5.41) is 30.5. The summed E-state index contributed by atoms with van der Waals surface area (Å²) in [5.41, 5.74) is 2.00. The topological polar surface area (TPSA) is 126 Å². The van der Waals surface area contributed by atoms with E-state index in [1.165, 1.54) is 21.7 Å². The van der Waals surface area contributed by atoms with Gasteiger partial charge in [0.2, 0.25) is 5.82 Å². The number of nitrogens with zero attached hydrogens (tertiary/aromatic N) is 7.